The summed E-state index contributed by atoms with van der Waals surface area (Å²) in [4.78, 5) is 36.5. The number of carbonyl (C=O) groups excluding carboxylic acids is 2. The monoisotopic (exact) mass is 873 g/mol. The fraction of sp³-hybridized carbons (Fsp3) is 0.469. The molecular weight excluding hydrogens is 806 g/mol. The Bertz CT molecular complexity index is 2020. The molecule has 13 heteroatoms. The number of sulfonamides is 1. The number of allylic oxidation sites excluding steroid dienone is 12. The topological polar surface area (TPSA) is 153 Å². The second-order valence-electron chi connectivity index (χ2n) is 15.8. The van der Waals surface area contributed by atoms with Crippen molar-refractivity contribution in [2.45, 2.75) is 122 Å². The van der Waals surface area contributed by atoms with Crippen molar-refractivity contribution < 1.29 is 32.6 Å². The Labute approximate surface area is 369 Å². The number of nitrogens with zero attached hydrogens (tertiary/aromatic N) is 4. The molecule has 3 N–H and O–H groups in total. The Balaban J connectivity index is 1.38. The van der Waals surface area contributed by atoms with Crippen molar-refractivity contribution in [1.82, 2.24) is 20.2 Å². The van der Waals surface area contributed by atoms with Crippen LogP contribution in [0.15, 0.2) is 103 Å². The average molecular weight is 874 g/mol. The minimum absolute atomic E-state index is 0.0521. The van der Waals surface area contributed by atoms with E-state index in [2.05, 4.69) is 89.0 Å². The Morgan fingerprint density at radius 1 is 0.871 bits per heavy atom. The molecule has 2 aromatic rings. The third-order valence-electron chi connectivity index (χ3n) is 10.2. The first-order valence-electron chi connectivity index (χ1n) is 21.8. The summed E-state index contributed by atoms with van der Waals surface area (Å²) in [6, 6.07) is 5.48. The first-order valence-corrected chi connectivity index (χ1v) is 23.7. The van der Waals surface area contributed by atoms with E-state index in [1.165, 1.54) is 37.4 Å². The van der Waals surface area contributed by atoms with Crippen LogP contribution in [0.2, 0.25) is 0 Å². The van der Waals surface area contributed by atoms with E-state index in [4.69, 9.17) is 0 Å². The lowest BCUT2D eigenvalue weighted by molar-refractivity contribution is -0.132. The fourth-order valence-corrected chi connectivity index (χ4v) is 7.00. The van der Waals surface area contributed by atoms with E-state index in [1.54, 1.807) is 6.08 Å². The number of likely N-dealkylation sites (tertiary alicyclic amines) is 1. The Morgan fingerprint density at radius 3 is 1.92 bits per heavy atom. The number of aromatic nitrogens is 2. The summed E-state index contributed by atoms with van der Waals surface area (Å²) in [7, 11) is -2.34. The van der Waals surface area contributed by atoms with Gasteiger partial charge in [0.25, 0.3) is 0 Å². The molecule has 1 aliphatic rings. The second kappa shape index (κ2) is 27.9. The average Bonchev–Trinajstić information content (AvgIpc) is 3.23. The predicted octanol–water partition coefficient (Wildman–Crippen LogP) is 8.90. The largest absolute Gasteiger partial charge is 0.392 e. The predicted molar refractivity (Wildman–Crippen MR) is 250 cm³/mol. The van der Waals surface area contributed by atoms with Gasteiger partial charge in [-0.15, -0.1) is 0 Å². The SMILES string of the molecule is CC/C=C\C/C=C\C/C=C\C/C=C\C/C=C\C/C=C\CCC(=O)N1CCC(NC(=O)C[C@H](O)C[C@H](O)/C=C/c2c(-c3ccc(F)cc3)nc(N(C)S(C)(=O)=O)nc2C(C)C)CC1. The van der Waals surface area contributed by atoms with Crippen molar-refractivity contribution >= 4 is 33.9 Å². The number of anilines is 1. The van der Waals surface area contributed by atoms with Crippen LogP contribution in [0.25, 0.3) is 17.3 Å². The van der Waals surface area contributed by atoms with Gasteiger partial charge in [-0.2, -0.15) is 0 Å². The van der Waals surface area contributed by atoms with Crippen LogP contribution in [-0.2, 0) is 19.6 Å². The minimum Gasteiger partial charge on any atom is -0.392 e. The molecule has 0 saturated carbocycles. The van der Waals surface area contributed by atoms with Gasteiger partial charge in [0.05, 0.1) is 36.3 Å². The summed E-state index contributed by atoms with van der Waals surface area (Å²) in [5.74, 6) is -0.927. The smallest absolute Gasteiger partial charge is 0.239 e. The lowest BCUT2D eigenvalue weighted by Crippen LogP contribution is -2.47. The number of nitrogens with one attached hydrogen (secondary N) is 1. The van der Waals surface area contributed by atoms with E-state index in [0.29, 0.717) is 61.3 Å². The third-order valence-corrected chi connectivity index (χ3v) is 11.3. The van der Waals surface area contributed by atoms with Crippen LogP contribution in [0.3, 0.4) is 0 Å². The van der Waals surface area contributed by atoms with Crippen LogP contribution >= 0.6 is 0 Å². The second-order valence-corrected chi connectivity index (χ2v) is 17.8. The van der Waals surface area contributed by atoms with E-state index < -0.39 is 28.0 Å². The van der Waals surface area contributed by atoms with Gasteiger partial charge < -0.3 is 20.4 Å². The van der Waals surface area contributed by atoms with Gasteiger partial charge in [-0.3, -0.25) is 9.59 Å². The molecule has 0 bridgehead atoms. The number of rotatable bonds is 25. The summed E-state index contributed by atoms with van der Waals surface area (Å²) in [6.07, 6.45) is 35.5. The molecule has 1 aromatic heterocycles. The van der Waals surface area contributed by atoms with Gasteiger partial charge in [0, 0.05) is 50.1 Å². The normalized spacial score (nSPS) is 15.5. The highest BCUT2D eigenvalue weighted by atomic mass is 32.2. The molecule has 0 radical (unpaired) electrons. The Morgan fingerprint density at radius 2 is 1.40 bits per heavy atom. The van der Waals surface area contributed by atoms with E-state index in [1.807, 2.05) is 24.8 Å². The molecule has 1 saturated heterocycles. The molecule has 1 aromatic carbocycles. The summed E-state index contributed by atoms with van der Waals surface area (Å²) >= 11 is 0. The number of amides is 2. The van der Waals surface area contributed by atoms with Gasteiger partial charge in [-0.05, 0) is 88.0 Å². The van der Waals surface area contributed by atoms with E-state index in [0.717, 1.165) is 49.1 Å². The molecular formula is C49H68FN5O6S. The van der Waals surface area contributed by atoms with Crippen LogP contribution in [0.5, 0.6) is 0 Å². The summed E-state index contributed by atoms with van der Waals surface area (Å²) in [6.45, 7) is 7.00. The molecule has 3 rings (SSSR count). The Hall–Kier alpha value is -4.98. The summed E-state index contributed by atoms with van der Waals surface area (Å²) in [5, 5.41) is 24.5. The zero-order valence-electron chi connectivity index (χ0n) is 37.2. The molecule has 0 spiro atoms. The van der Waals surface area contributed by atoms with E-state index in [-0.39, 0.29) is 42.6 Å². The van der Waals surface area contributed by atoms with Crippen LogP contribution in [0.4, 0.5) is 10.3 Å². The summed E-state index contributed by atoms with van der Waals surface area (Å²) in [5.41, 5.74) is 1.86. The standard InChI is InChI=1S/C49H68FN5O6S/c1-6-7-8-9-10-11-12-13-14-15-16-17-18-19-20-21-22-23-24-25-46(59)55-34-32-41(33-35-55)51-45(58)37-43(57)36-42(56)30-31-44-47(38(2)3)52-49(54(4)62(5,60)61)53-48(44)39-26-28-40(50)29-27-39/h7-8,10-11,13-14,16-17,19-20,22-23,26-31,38,41-43,56-57H,6,9,12,15,18,21,24-25,32-37H2,1-5H3,(H,51,58)/b8-7-,11-10-,14-13-,17-16-,20-19-,23-22-,31-30+/t42-,43-/m1/s1. The van der Waals surface area contributed by atoms with Crippen molar-refractivity contribution in [3.8, 4) is 11.3 Å². The van der Waals surface area contributed by atoms with Crippen molar-refractivity contribution in [1.29, 1.82) is 0 Å². The molecule has 0 unspecified atom stereocenters. The molecule has 0 aliphatic carbocycles. The molecule has 2 amide bonds. The highest BCUT2D eigenvalue weighted by Crippen LogP contribution is 2.32. The molecule has 11 nitrogen and oxygen atoms in total. The lowest BCUT2D eigenvalue weighted by Gasteiger charge is -2.32. The van der Waals surface area contributed by atoms with Gasteiger partial charge in [0.1, 0.15) is 5.82 Å². The van der Waals surface area contributed by atoms with E-state index >= 15 is 0 Å². The van der Waals surface area contributed by atoms with Crippen LogP contribution in [0, 0.1) is 5.82 Å². The number of aliphatic hydroxyl groups excluding tert-OH is 2. The van der Waals surface area contributed by atoms with Crippen molar-refractivity contribution in [3.05, 3.63) is 120 Å². The highest BCUT2D eigenvalue weighted by Gasteiger charge is 2.25. The molecule has 338 valence electrons. The molecule has 1 aliphatic heterocycles. The van der Waals surface area contributed by atoms with E-state index in [9.17, 15) is 32.6 Å². The minimum atomic E-state index is -3.69. The lowest BCUT2D eigenvalue weighted by atomic mass is 9.97. The van der Waals surface area contributed by atoms with Gasteiger partial charge >= 0.3 is 0 Å². The number of carbonyl (C=O) groups is 2. The number of piperidine rings is 1. The zero-order chi connectivity index (χ0) is 45.3. The van der Waals surface area contributed by atoms with Crippen molar-refractivity contribution in [2.24, 2.45) is 0 Å². The van der Waals surface area contributed by atoms with Gasteiger partial charge in [-0.1, -0.05) is 106 Å². The maximum atomic E-state index is 13.8. The van der Waals surface area contributed by atoms with Crippen LogP contribution in [-0.4, -0.2) is 90.0 Å². The van der Waals surface area contributed by atoms with Gasteiger partial charge in [0.15, 0.2) is 0 Å². The van der Waals surface area contributed by atoms with Crippen molar-refractivity contribution in [2.75, 3.05) is 30.7 Å². The number of halogens is 1. The molecule has 62 heavy (non-hydrogen) atoms. The molecule has 2 atom stereocenters. The third kappa shape index (κ3) is 19.4. The first-order chi connectivity index (χ1) is 29.7. The number of hydrogen-bond donors (Lipinski definition) is 3. The maximum Gasteiger partial charge on any atom is 0.239 e. The zero-order valence-corrected chi connectivity index (χ0v) is 38.0. The van der Waals surface area contributed by atoms with Gasteiger partial charge in [0.2, 0.25) is 27.8 Å². The van der Waals surface area contributed by atoms with Crippen molar-refractivity contribution in [3.63, 3.8) is 0 Å². The first kappa shape index (κ1) is 51.4. The molecule has 1 fully saturated rings. The Kier molecular flexibility index (Phi) is 23.1. The van der Waals surface area contributed by atoms with Crippen LogP contribution in [0.1, 0.15) is 115 Å². The number of benzene rings is 1. The fourth-order valence-electron chi connectivity index (χ4n) is 6.62. The summed E-state index contributed by atoms with van der Waals surface area (Å²) < 4.78 is 39.5. The van der Waals surface area contributed by atoms with Crippen LogP contribution < -0.4 is 9.62 Å². The van der Waals surface area contributed by atoms with Gasteiger partial charge in [-0.25, -0.2) is 27.1 Å². The quantitative estimate of drug-likeness (QED) is 0.0837. The molecule has 2 heterocycles. The number of aliphatic hydroxyl groups is 2. The maximum absolute atomic E-state index is 13.8. The number of hydrogen-bond acceptors (Lipinski definition) is 8. The highest BCUT2D eigenvalue weighted by molar-refractivity contribution is 7.92.